The second kappa shape index (κ2) is 6.96. The van der Waals surface area contributed by atoms with Crippen molar-refractivity contribution in [2.24, 2.45) is 0 Å². The first kappa shape index (κ1) is 21.6. The molecule has 0 atom stereocenters. The molecule has 172 valence electrons. The van der Waals surface area contributed by atoms with Gasteiger partial charge in [0.2, 0.25) is 0 Å². The summed E-state index contributed by atoms with van der Waals surface area (Å²) >= 11 is 0.103. The Kier molecular flexibility index (Phi) is 4.29. The number of hydrogen-bond donors (Lipinski definition) is 0. The van der Waals surface area contributed by atoms with Crippen LogP contribution in [-0.4, -0.2) is 40.6 Å². The maximum absolute atomic E-state index is 13.0. The fourth-order valence-electron chi connectivity index (χ4n) is 6.01. The van der Waals surface area contributed by atoms with Crippen molar-refractivity contribution < 1.29 is 9.59 Å². The Morgan fingerprint density at radius 3 is 2.06 bits per heavy atom. The number of para-hydroxylation sites is 2. The Hall–Kier alpha value is -2.68. The number of hydrogen-bond acceptors (Lipinski definition) is 3. The molecule has 0 bridgehead atoms. The van der Waals surface area contributed by atoms with Gasteiger partial charge in [-0.15, -0.1) is 0 Å². The van der Waals surface area contributed by atoms with Gasteiger partial charge in [-0.1, -0.05) is 0 Å². The third-order valence-corrected chi connectivity index (χ3v) is 11.8. The van der Waals surface area contributed by atoms with Crippen LogP contribution in [0.1, 0.15) is 75.1 Å². The van der Waals surface area contributed by atoms with Gasteiger partial charge < -0.3 is 0 Å². The Morgan fingerprint density at radius 2 is 1.37 bits per heavy atom. The number of rotatable bonds is 1. The summed E-state index contributed by atoms with van der Waals surface area (Å²) in [4.78, 5) is 32.3. The number of fused-ring (bicyclic) bond motifs is 5. The van der Waals surface area contributed by atoms with Crippen molar-refractivity contribution in [3.05, 3.63) is 102 Å². The van der Waals surface area contributed by atoms with Crippen molar-refractivity contribution in [3.63, 3.8) is 0 Å². The van der Waals surface area contributed by atoms with Crippen LogP contribution in [0, 0.1) is 0 Å². The van der Waals surface area contributed by atoms with E-state index < -0.39 is 0 Å². The SMILES string of the molecule is CC1(C)c2ccccc2N2c3[se]c(C=C4C(=O)c5c[se]cc5C4=O)cc3C(C)(C)c3cccc1c32. The third-order valence-electron chi connectivity index (χ3n) is 7.96. The first-order chi connectivity index (χ1) is 16.7. The van der Waals surface area contributed by atoms with Crippen molar-refractivity contribution in [2.75, 3.05) is 4.90 Å². The van der Waals surface area contributed by atoms with Crippen molar-refractivity contribution in [2.45, 2.75) is 38.5 Å². The molecule has 0 saturated heterocycles. The van der Waals surface area contributed by atoms with Gasteiger partial charge in [-0.3, -0.25) is 0 Å². The number of carbonyl (C=O) groups excluding carboxylic acids is 2. The number of ketones is 2. The summed E-state index contributed by atoms with van der Waals surface area (Å²) in [6, 6.07) is 17.7. The fraction of sp³-hybridized carbons (Fsp3) is 0.200. The quantitative estimate of drug-likeness (QED) is 0.156. The molecular weight excluding hydrogens is 564 g/mol. The molecule has 0 radical (unpaired) electrons. The second-order valence-corrected chi connectivity index (χ2v) is 14.4. The summed E-state index contributed by atoms with van der Waals surface area (Å²) < 4.78 is 2.41. The van der Waals surface area contributed by atoms with Crippen LogP contribution >= 0.6 is 0 Å². The zero-order valence-corrected chi connectivity index (χ0v) is 23.4. The van der Waals surface area contributed by atoms with E-state index in [0.29, 0.717) is 16.7 Å². The Morgan fingerprint density at radius 1 is 0.771 bits per heavy atom. The molecule has 0 fully saturated rings. The zero-order chi connectivity index (χ0) is 24.3. The van der Waals surface area contributed by atoms with Crippen LogP contribution < -0.4 is 4.90 Å². The number of benzene rings is 2. The van der Waals surface area contributed by atoms with Gasteiger partial charge in [0.1, 0.15) is 0 Å². The van der Waals surface area contributed by atoms with Gasteiger partial charge in [-0.25, -0.2) is 0 Å². The summed E-state index contributed by atoms with van der Waals surface area (Å²) in [5.74, 6) is -0.200. The van der Waals surface area contributed by atoms with E-state index in [4.69, 9.17) is 0 Å². The van der Waals surface area contributed by atoms with E-state index in [1.165, 1.54) is 38.2 Å². The van der Waals surface area contributed by atoms with E-state index in [-0.39, 0.29) is 51.4 Å². The van der Waals surface area contributed by atoms with Crippen LogP contribution in [0.2, 0.25) is 0 Å². The van der Waals surface area contributed by atoms with Gasteiger partial charge in [0, 0.05) is 0 Å². The molecule has 3 aliphatic rings. The van der Waals surface area contributed by atoms with Gasteiger partial charge in [-0.2, -0.15) is 0 Å². The van der Waals surface area contributed by atoms with E-state index in [0.717, 1.165) is 4.44 Å². The van der Waals surface area contributed by atoms with Crippen LogP contribution in [0.25, 0.3) is 6.08 Å². The molecular formula is C30H23NO2Se2. The van der Waals surface area contributed by atoms with E-state index in [1.54, 1.807) is 0 Å². The molecule has 0 N–H and O–H groups in total. The van der Waals surface area contributed by atoms with Crippen LogP contribution in [0.4, 0.5) is 15.9 Å². The molecule has 7 rings (SSSR count). The molecule has 35 heavy (non-hydrogen) atoms. The number of Topliss-reactive ketones (excluding diaryl/α,β-unsaturated/α-hetero) is 2. The zero-order valence-electron chi connectivity index (χ0n) is 19.9. The topological polar surface area (TPSA) is 37.4 Å². The van der Waals surface area contributed by atoms with Gasteiger partial charge in [0.25, 0.3) is 0 Å². The summed E-state index contributed by atoms with van der Waals surface area (Å²) in [6.45, 7) is 9.25. The first-order valence-electron chi connectivity index (χ1n) is 11.8. The standard InChI is InChI=1S/C30H23NO2Se2/c1-29(2)20-8-5-6-11-24(20)31-25-21(29)9-7-10-22(25)30(3,4)23-13-16(35-28(23)31)12-17-26(32)18-14-34-15-19(18)27(17)33/h5-15H,1-4H3. The Balaban J connectivity index is 1.47. The summed E-state index contributed by atoms with van der Waals surface area (Å²) in [5, 5.41) is 0. The first-order valence-corrected chi connectivity index (χ1v) is 15.5. The predicted octanol–water partition coefficient (Wildman–Crippen LogP) is 6.01. The van der Waals surface area contributed by atoms with Gasteiger partial charge in [-0.05, 0) is 0 Å². The van der Waals surface area contributed by atoms with Gasteiger partial charge >= 0.3 is 217 Å². The predicted molar refractivity (Wildman–Crippen MR) is 142 cm³/mol. The van der Waals surface area contributed by atoms with Crippen molar-refractivity contribution in [1.82, 2.24) is 0 Å². The van der Waals surface area contributed by atoms with E-state index in [2.05, 4.69) is 81.1 Å². The molecule has 0 spiro atoms. The average molecular weight is 587 g/mol. The van der Waals surface area contributed by atoms with Crippen LogP contribution in [0.15, 0.2) is 64.0 Å². The fourth-order valence-corrected chi connectivity index (χ4v) is 10.4. The maximum atomic E-state index is 13.0. The van der Waals surface area contributed by atoms with Crippen molar-refractivity contribution in [1.29, 1.82) is 0 Å². The molecule has 2 aromatic heterocycles. The normalized spacial score (nSPS) is 18.2. The molecule has 4 heterocycles. The molecule has 0 amide bonds. The summed E-state index contributed by atoms with van der Waals surface area (Å²) in [5.41, 5.74) is 9.16. The number of nitrogens with zero attached hydrogens (tertiary/aromatic N) is 1. The van der Waals surface area contributed by atoms with Crippen molar-refractivity contribution >= 4 is 62.6 Å². The minimum absolute atomic E-state index is 0.0239. The van der Waals surface area contributed by atoms with Crippen LogP contribution in [0.3, 0.4) is 0 Å². The minimum atomic E-state index is -0.171. The van der Waals surface area contributed by atoms with Crippen molar-refractivity contribution in [3.8, 4) is 0 Å². The monoisotopic (exact) mass is 589 g/mol. The van der Waals surface area contributed by atoms with Crippen LogP contribution in [0.5, 0.6) is 0 Å². The molecule has 0 unspecified atom stereocenters. The van der Waals surface area contributed by atoms with Gasteiger partial charge in [0.05, 0.1) is 0 Å². The summed E-state index contributed by atoms with van der Waals surface area (Å²) in [6.07, 6.45) is 1.89. The molecule has 2 aromatic carbocycles. The molecule has 2 aliphatic heterocycles. The molecule has 4 aromatic rings. The Labute approximate surface area is 216 Å². The Bertz CT molecular complexity index is 1610. The number of carbonyl (C=O) groups is 2. The molecule has 3 nitrogen and oxygen atoms in total. The number of allylic oxidation sites excluding steroid dienone is 1. The molecule has 0 saturated carbocycles. The third kappa shape index (κ3) is 2.68. The van der Waals surface area contributed by atoms with Gasteiger partial charge in [0.15, 0.2) is 0 Å². The number of anilines is 3. The van der Waals surface area contributed by atoms with E-state index in [1.807, 2.05) is 16.0 Å². The summed E-state index contributed by atoms with van der Waals surface area (Å²) in [7, 11) is 0. The second-order valence-electron chi connectivity index (χ2n) is 10.6. The molecule has 5 heteroatoms. The van der Waals surface area contributed by atoms with E-state index in [9.17, 15) is 9.59 Å². The van der Waals surface area contributed by atoms with E-state index >= 15 is 0 Å². The molecule has 1 aliphatic carbocycles. The van der Waals surface area contributed by atoms with Crippen LogP contribution in [-0.2, 0) is 10.8 Å². The average Bonchev–Trinajstić information content (AvgIpc) is 3.54.